The van der Waals surface area contributed by atoms with E-state index in [0.717, 1.165) is 13.0 Å². The molecule has 0 bridgehead atoms. The highest BCUT2D eigenvalue weighted by Crippen LogP contribution is 2.30. The highest BCUT2D eigenvalue weighted by Gasteiger charge is 2.30. The van der Waals surface area contributed by atoms with Gasteiger partial charge in [0.25, 0.3) is 0 Å². The normalized spacial score (nSPS) is 20.8. The molecule has 120 valence electrons. The third-order valence-electron chi connectivity index (χ3n) is 4.24. The predicted molar refractivity (Wildman–Crippen MR) is 83.8 cm³/mol. The van der Waals surface area contributed by atoms with Crippen molar-refractivity contribution in [3.63, 3.8) is 0 Å². The molecule has 0 heterocycles. The molecule has 0 saturated heterocycles. The van der Waals surface area contributed by atoms with Crippen molar-refractivity contribution in [3.05, 3.63) is 0 Å². The third kappa shape index (κ3) is 6.55. The van der Waals surface area contributed by atoms with Crippen molar-refractivity contribution in [3.8, 4) is 0 Å². The Morgan fingerprint density at radius 2 is 1.90 bits per heavy atom. The van der Waals surface area contributed by atoms with Crippen LogP contribution >= 0.6 is 0 Å². The molecule has 0 spiro atoms. The summed E-state index contributed by atoms with van der Waals surface area (Å²) >= 11 is 0. The van der Waals surface area contributed by atoms with Gasteiger partial charge in [0.15, 0.2) is 0 Å². The van der Waals surface area contributed by atoms with Crippen LogP contribution in [0.5, 0.6) is 0 Å². The molecule has 0 aromatic carbocycles. The van der Waals surface area contributed by atoms with Crippen LogP contribution in [0.1, 0.15) is 51.9 Å². The van der Waals surface area contributed by atoms with Crippen molar-refractivity contribution in [1.82, 2.24) is 5.32 Å². The molecule has 4 nitrogen and oxygen atoms in total. The van der Waals surface area contributed by atoms with Crippen molar-refractivity contribution in [2.75, 3.05) is 25.7 Å². The Morgan fingerprint density at radius 1 is 1.25 bits per heavy atom. The maximum Gasteiger partial charge on any atom is 0.147 e. The molecule has 1 rings (SSSR count). The monoisotopic (exact) mass is 305 g/mol. The quantitative estimate of drug-likeness (QED) is 0.710. The zero-order valence-electron chi connectivity index (χ0n) is 13.2. The summed E-state index contributed by atoms with van der Waals surface area (Å²) in [5.74, 6) is 0.809. The summed E-state index contributed by atoms with van der Waals surface area (Å²) in [6.45, 7) is 3.05. The second kappa shape index (κ2) is 9.00. The Hall–Kier alpha value is -0.130. The SMILES string of the molecule is CCCNC(CCS(C)(=O)=O)C(OC)C1CCCCC1. The first-order valence-electron chi connectivity index (χ1n) is 7.91. The molecule has 0 aliphatic heterocycles. The molecular formula is C15H31NO3S. The minimum absolute atomic E-state index is 0.142. The van der Waals surface area contributed by atoms with Crippen LogP contribution in [0.2, 0.25) is 0 Å². The fourth-order valence-electron chi connectivity index (χ4n) is 3.20. The van der Waals surface area contributed by atoms with E-state index in [9.17, 15) is 8.42 Å². The minimum Gasteiger partial charge on any atom is -0.380 e. The number of nitrogens with one attached hydrogen (secondary N) is 1. The Labute approximate surface area is 124 Å². The van der Waals surface area contributed by atoms with E-state index < -0.39 is 9.84 Å². The molecule has 0 amide bonds. The maximum absolute atomic E-state index is 11.4. The number of methoxy groups -OCH3 is 1. The minimum atomic E-state index is -2.91. The highest BCUT2D eigenvalue weighted by atomic mass is 32.2. The molecular weight excluding hydrogens is 274 g/mol. The molecule has 0 aromatic heterocycles. The molecule has 2 unspecified atom stereocenters. The molecule has 1 fully saturated rings. The van der Waals surface area contributed by atoms with Crippen LogP contribution in [0.25, 0.3) is 0 Å². The maximum atomic E-state index is 11.4. The van der Waals surface area contributed by atoms with Gasteiger partial charge in [-0.15, -0.1) is 0 Å². The van der Waals surface area contributed by atoms with Gasteiger partial charge in [0, 0.05) is 19.4 Å². The van der Waals surface area contributed by atoms with E-state index in [1.54, 1.807) is 7.11 Å². The molecule has 0 radical (unpaired) electrons. The highest BCUT2D eigenvalue weighted by molar-refractivity contribution is 7.90. The first-order valence-corrected chi connectivity index (χ1v) is 9.98. The molecule has 1 aliphatic carbocycles. The van der Waals surface area contributed by atoms with Crippen molar-refractivity contribution in [2.45, 2.75) is 64.0 Å². The summed E-state index contributed by atoms with van der Waals surface area (Å²) < 4.78 is 28.6. The van der Waals surface area contributed by atoms with E-state index >= 15 is 0 Å². The number of rotatable bonds is 9. The van der Waals surface area contributed by atoms with Crippen LogP contribution in [0.3, 0.4) is 0 Å². The first kappa shape index (κ1) is 17.9. The van der Waals surface area contributed by atoms with Gasteiger partial charge >= 0.3 is 0 Å². The van der Waals surface area contributed by atoms with E-state index in [1.807, 2.05) is 0 Å². The Kier molecular flexibility index (Phi) is 8.07. The van der Waals surface area contributed by atoms with Gasteiger partial charge in [-0.1, -0.05) is 26.2 Å². The van der Waals surface area contributed by atoms with Crippen LogP contribution in [-0.4, -0.2) is 46.2 Å². The van der Waals surface area contributed by atoms with Crippen LogP contribution in [-0.2, 0) is 14.6 Å². The van der Waals surface area contributed by atoms with Crippen LogP contribution in [0.15, 0.2) is 0 Å². The number of ether oxygens (including phenoxy) is 1. The van der Waals surface area contributed by atoms with Crippen molar-refractivity contribution >= 4 is 9.84 Å². The van der Waals surface area contributed by atoms with Gasteiger partial charge in [0.05, 0.1) is 11.9 Å². The lowest BCUT2D eigenvalue weighted by molar-refractivity contribution is 0.00754. The van der Waals surface area contributed by atoms with E-state index in [4.69, 9.17) is 4.74 Å². The fourth-order valence-corrected chi connectivity index (χ4v) is 3.88. The summed E-state index contributed by atoms with van der Waals surface area (Å²) in [6, 6.07) is 0.151. The van der Waals surface area contributed by atoms with Gasteiger partial charge in [0.1, 0.15) is 9.84 Å². The number of hydrogen-bond donors (Lipinski definition) is 1. The Morgan fingerprint density at radius 3 is 2.40 bits per heavy atom. The summed E-state index contributed by atoms with van der Waals surface area (Å²) in [7, 11) is -1.15. The summed E-state index contributed by atoms with van der Waals surface area (Å²) in [5.41, 5.74) is 0. The third-order valence-corrected chi connectivity index (χ3v) is 5.22. The second-order valence-corrected chi connectivity index (χ2v) is 8.34. The Bertz CT molecular complexity index is 350. The fraction of sp³-hybridized carbons (Fsp3) is 1.00. The molecule has 1 N–H and O–H groups in total. The molecule has 2 atom stereocenters. The molecule has 0 aromatic rings. The summed E-state index contributed by atoms with van der Waals surface area (Å²) in [5, 5.41) is 3.50. The van der Waals surface area contributed by atoms with E-state index in [1.165, 1.54) is 38.4 Å². The first-order chi connectivity index (χ1) is 9.48. The number of sulfone groups is 1. The van der Waals surface area contributed by atoms with Gasteiger partial charge in [-0.3, -0.25) is 0 Å². The van der Waals surface area contributed by atoms with E-state index in [2.05, 4.69) is 12.2 Å². The van der Waals surface area contributed by atoms with Gasteiger partial charge in [-0.2, -0.15) is 0 Å². The lowest BCUT2D eigenvalue weighted by Crippen LogP contribution is -2.46. The average molecular weight is 305 g/mol. The standard InChI is InChI=1S/C15H31NO3S/c1-4-11-16-14(10-12-20(3,17)18)15(19-2)13-8-6-5-7-9-13/h13-16H,4-12H2,1-3H3. The van der Waals surface area contributed by atoms with Gasteiger partial charge in [0.2, 0.25) is 0 Å². The zero-order chi connectivity index (χ0) is 15.0. The summed E-state index contributed by atoms with van der Waals surface area (Å²) in [6.07, 6.45) is 9.45. The summed E-state index contributed by atoms with van der Waals surface area (Å²) in [4.78, 5) is 0. The van der Waals surface area contributed by atoms with Gasteiger partial charge in [-0.25, -0.2) is 8.42 Å². The topological polar surface area (TPSA) is 55.4 Å². The van der Waals surface area contributed by atoms with Crippen molar-refractivity contribution < 1.29 is 13.2 Å². The van der Waals surface area contributed by atoms with Gasteiger partial charge in [-0.05, 0) is 38.1 Å². The Balaban J connectivity index is 2.65. The molecule has 1 aliphatic rings. The van der Waals surface area contributed by atoms with Crippen molar-refractivity contribution in [1.29, 1.82) is 0 Å². The van der Waals surface area contributed by atoms with Gasteiger partial charge < -0.3 is 10.1 Å². The van der Waals surface area contributed by atoms with Crippen LogP contribution in [0, 0.1) is 5.92 Å². The zero-order valence-corrected chi connectivity index (χ0v) is 14.0. The lowest BCUT2D eigenvalue weighted by Gasteiger charge is -2.35. The smallest absolute Gasteiger partial charge is 0.147 e. The van der Waals surface area contributed by atoms with Crippen LogP contribution < -0.4 is 5.32 Å². The van der Waals surface area contributed by atoms with E-state index in [-0.39, 0.29) is 17.9 Å². The lowest BCUT2D eigenvalue weighted by atomic mass is 9.82. The number of hydrogen-bond acceptors (Lipinski definition) is 4. The second-order valence-electron chi connectivity index (χ2n) is 6.08. The largest absolute Gasteiger partial charge is 0.380 e. The van der Waals surface area contributed by atoms with Crippen molar-refractivity contribution in [2.24, 2.45) is 5.92 Å². The average Bonchev–Trinajstić information content (AvgIpc) is 2.42. The van der Waals surface area contributed by atoms with E-state index in [0.29, 0.717) is 12.3 Å². The molecule has 1 saturated carbocycles. The molecule has 5 heteroatoms. The molecule has 20 heavy (non-hydrogen) atoms. The predicted octanol–water partition coefficient (Wildman–Crippen LogP) is 2.38. The van der Waals surface area contributed by atoms with Crippen LogP contribution in [0.4, 0.5) is 0 Å².